The van der Waals surface area contributed by atoms with E-state index in [1.165, 1.54) is 0 Å². The molecule has 1 aliphatic heterocycles. The maximum atomic E-state index is 12.1. The lowest BCUT2D eigenvalue weighted by Crippen LogP contribution is -2.12. The van der Waals surface area contributed by atoms with Crippen LogP contribution in [0.25, 0.3) is 0 Å². The van der Waals surface area contributed by atoms with E-state index in [0.29, 0.717) is 18.0 Å². The van der Waals surface area contributed by atoms with Crippen LogP contribution in [0, 0.1) is 0 Å². The third-order valence-corrected chi connectivity index (χ3v) is 5.33. The van der Waals surface area contributed by atoms with E-state index in [-0.39, 0.29) is 11.8 Å². The van der Waals surface area contributed by atoms with Gasteiger partial charge in [0.15, 0.2) is 9.84 Å². The lowest BCUT2D eigenvalue weighted by Gasteiger charge is -2.11. The van der Waals surface area contributed by atoms with Crippen LogP contribution < -0.4 is 5.32 Å². The van der Waals surface area contributed by atoms with Gasteiger partial charge in [-0.25, -0.2) is 8.42 Å². The first kappa shape index (κ1) is 14.1. The molecule has 1 aromatic heterocycles. The molecule has 6 nitrogen and oxygen atoms in total. The van der Waals surface area contributed by atoms with Crippen molar-refractivity contribution in [2.45, 2.75) is 17.5 Å². The minimum atomic E-state index is -3.19. The molecule has 0 saturated heterocycles. The highest BCUT2D eigenvalue weighted by atomic mass is 32.2. The van der Waals surface area contributed by atoms with E-state index in [9.17, 15) is 8.42 Å². The van der Waals surface area contributed by atoms with Crippen LogP contribution in [0.2, 0.25) is 0 Å². The van der Waals surface area contributed by atoms with E-state index in [1.807, 2.05) is 18.3 Å². The molecular formula is C14H17N3O3S. The molecular weight excluding hydrogens is 290 g/mol. The molecule has 2 aromatic rings. The molecule has 7 heteroatoms. The minimum Gasteiger partial charge on any atom is -0.383 e. The summed E-state index contributed by atoms with van der Waals surface area (Å²) >= 11 is 0. The van der Waals surface area contributed by atoms with Crippen molar-refractivity contribution in [1.82, 2.24) is 9.78 Å². The Morgan fingerprint density at radius 1 is 1.43 bits per heavy atom. The number of methoxy groups -OCH3 is 1. The summed E-state index contributed by atoms with van der Waals surface area (Å²) in [6.07, 6.45) is 3.55. The molecule has 0 saturated carbocycles. The van der Waals surface area contributed by atoms with E-state index < -0.39 is 9.84 Å². The van der Waals surface area contributed by atoms with Gasteiger partial charge in [-0.1, -0.05) is 18.2 Å². The van der Waals surface area contributed by atoms with Crippen molar-refractivity contribution >= 4 is 15.5 Å². The summed E-state index contributed by atoms with van der Waals surface area (Å²) in [5, 5.41) is 7.46. The van der Waals surface area contributed by atoms with Crippen LogP contribution in [-0.2, 0) is 21.1 Å². The van der Waals surface area contributed by atoms with Crippen molar-refractivity contribution in [1.29, 1.82) is 0 Å². The molecule has 1 aliphatic rings. The fourth-order valence-electron chi connectivity index (χ4n) is 2.52. The average Bonchev–Trinajstić information content (AvgIpc) is 3.01. The second kappa shape index (κ2) is 5.50. The first-order chi connectivity index (χ1) is 10.1. The highest BCUT2D eigenvalue weighted by molar-refractivity contribution is 7.91. The van der Waals surface area contributed by atoms with Gasteiger partial charge in [-0.15, -0.1) is 0 Å². The molecule has 0 aliphatic carbocycles. The lowest BCUT2D eigenvalue weighted by atomic mass is 10.1. The van der Waals surface area contributed by atoms with Crippen LogP contribution >= 0.6 is 0 Å². The van der Waals surface area contributed by atoms with Crippen molar-refractivity contribution in [3.63, 3.8) is 0 Å². The monoisotopic (exact) mass is 307 g/mol. The Labute approximate surface area is 123 Å². The molecule has 0 fully saturated rings. The number of ether oxygens (including phenoxy) is 1. The number of anilines is 1. The third-order valence-electron chi connectivity index (χ3n) is 3.51. The zero-order valence-corrected chi connectivity index (χ0v) is 12.5. The lowest BCUT2D eigenvalue weighted by molar-refractivity contribution is 0.183. The van der Waals surface area contributed by atoms with Crippen molar-refractivity contribution in [2.24, 2.45) is 0 Å². The molecule has 1 unspecified atom stereocenters. The number of rotatable bonds is 5. The summed E-state index contributed by atoms with van der Waals surface area (Å²) in [5.41, 5.74) is 1.63. The summed E-state index contributed by atoms with van der Waals surface area (Å²) < 4.78 is 31.0. The van der Waals surface area contributed by atoms with Gasteiger partial charge in [0.05, 0.1) is 41.7 Å². The topological polar surface area (TPSA) is 73.2 Å². The highest BCUT2D eigenvalue weighted by Crippen LogP contribution is 2.35. The Morgan fingerprint density at radius 2 is 2.24 bits per heavy atom. The summed E-state index contributed by atoms with van der Waals surface area (Å²) in [7, 11) is -1.55. The minimum absolute atomic E-state index is 0.0790. The molecule has 112 valence electrons. The normalized spacial score (nSPS) is 19.4. The quantitative estimate of drug-likeness (QED) is 0.905. The smallest absolute Gasteiger partial charge is 0.181 e. The predicted molar refractivity (Wildman–Crippen MR) is 79.0 cm³/mol. The van der Waals surface area contributed by atoms with Crippen molar-refractivity contribution in [3.8, 4) is 0 Å². The molecule has 3 rings (SSSR count). The average molecular weight is 307 g/mol. The van der Waals surface area contributed by atoms with E-state index in [0.717, 1.165) is 11.3 Å². The molecule has 2 heterocycles. The van der Waals surface area contributed by atoms with Gasteiger partial charge in [-0.2, -0.15) is 5.10 Å². The summed E-state index contributed by atoms with van der Waals surface area (Å²) in [4.78, 5) is 0.425. The largest absolute Gasteiger partial charge is 0.383 e. The number of fused-ring (bicyclic) bond motifs is 1. The van der Waals surface area contributed by atoms with Gasteiger partial charge < -0.3 is 10.1 Å². The number of hydrogen-bond acceptors (Lipinski definition) is 5. The van der Waals surface area contributed by atoms with Crippen molar-refractivity contribution in [2.75, 3.05) is 24.8 Å². The molecule has 0 bridgehead atoms. The number of nitrogens with one attached hydrogen (secondary N) is 1. The molecule has 1 aromatic carbocycles. The zero-order chi connectivity index (χ0) is 14.9. The molecule has 0 spiro atoms. The maximum Gasteiger partial charge on any atom is 0.181 e. The third kappa shape index (κ3) is 2.79. The van der Waals surface area contributed by atoms with E-state index >= 15 is 0 Å². The summed E-state index contributed by atoms with van der Waals surface area (Å²) in [5.74, 6) is 0.0790. The number of sulfone groups is 1. The number of hydrogen-bond donors (Lipinski definition) is 1. The standard InChI is InChI=1S/C14H17N3O3S/c1-20-7-6-17-9-11(8-15-17)16-13-10-21(18,19)14-5-3-2-4-12(13)14/h2-5,8-9,13,16H,6-7,10H2,1H3. The van der Waals surface area contributed by atoms with Gasteiger partial charge >= 0.3 is 0 Å². The zero-order valence-electron chi connectivity index (χ0n) is 11.7. The number of aromatic nitrogens is 2. The Bertz CT molecular complexity index is 739. The van der Waals surface area contributed by atoms with E-state index in [4.69, 9.17) is 4.74 Å². The second-order valence-corrected chi connectivity index (χ2v) is 7.00. The number of nitrogens with zero attached hydrogens (tertiary/aromatic N) is 2. The SMILES string of the molecule is COCCn1cc(NC2CS(=O)(=O)c3ccccc32)cn1. The van der Waals surface area contributed by atoms with Crippen LogP contribution in [0.4, 0.5) is 5.69 Å². The maximum absolute atomic E-state index is 12.1. The summed E-state index contributed by atoms with van der Waals surface area (Å²) in [6.45, 7) is 1.25. The molecule has 1 N–H and O–H groups in total. The van der Waals surface area contributed by atoms with E-state index in [1.54, 1.807) is 30.1 Å². The van der Waals surface area contributed by atoms with Crippen molar-refractivity contribution in [3.05, 3.63) is 42.2 Å². The fraction of sp³-hybridized carbons (Fsp3) is 0.357. The van der Waals surface area contributed by atoms with Crippen LogP contribution in [0.5, 0.6) is 0 Å². The Morgan fingerprint density at radius 3 is 3.05 bits per heavy atom. The fourth-order valence-corrected chi connectivity index (χ4v) is 4.25. The molecule has 21 heavy (non-hydrogen) atoms. The van der Waals surface area contributed by atoms with E-state index in [2.05, 4.69) is 10.4 Å². The Balaban J connectivity index is 1.79. The first-order valence-electron chi connectivity index (χ1n) is 6.70. The second-order valence-electron chi connectivity index (χ2n) is 5.00. The molecule has 0 radical (unpaired) electrons. The van der Waals surface area contributed by atoms with Crippen LogP contribution in [-0.4, -0.2) is 37.7 Å². The first-order valence-corrected chi connectivity index (χ1v) is 8.35. The van der Waals surface area contributed by atoms with Gasteiger partial charge in [0.1, 0.15) is 0 Å². The molecule has 0 amide bonds. The van der Waals surface area contributed by atoms with Gasteiger partial charge in [0, 0.05) is 13.3 Å². The predicted octanol–water partition coefficient (Wildman–Crippen LogP) is 1.47. The van der Waals surface area contributed by atoms with Crippen molar-refractivity contribution < 1.29 is 13.2 Å². The van der Waals surface area contributed by atoms with Gasteiger partial charge in [0.2, 0.25) is 0 Å². The van der Waals surface area contributed by atoms with Crippen LogP contribution in [0.3, 0.4) is 0 Å². The number of benzene rings is 1. The Kier molecular flexibility index (Phi) is 3.69. The van der Waals surface area contributed by atoms with Crippen LogP contribution in [0.1, 0.15) is 11.6 Å². The van der Waals surface area contributed by atoms with Gasteiger partial charge in [-0.05, 0) is 11.6 Å². The van der Waals surface area contributed by atoms with Crippen LogP contribution in [0.15, 0.2) is 41.6 Å². The van der Waals surface area contributed by atoms with Gasteiger partial charge in [-0.3, -0.25) is 4.68 Å². The highest BCUT2D eigenvalue weighted by Gasteiger charge is 2.34. The van der Waals surface area contributed by atoms with Gasteiger partial charge in [0.25, 0.3) is 0 Å². The molecule has 1 atom stereocenters. The summed E-state index contributed by atoms with van der Waals surface area (Å²) in [6, 6.07) is 6.89. The Hall–Kier alpha value is -1.86.